The monoisotopic (exact) mass is 553 g/mol. The van der Waals surface area contributed by atoms with Crippen molar-refractivity contribution in [3.05, 3.63) is 64.3 Å². The summed E-state index contributed by atoms with van der Waals surface area (Å²) in [7, 11) is 0. The lowest BCUT2D eigenvalue weighted by molar-refractivity contribution is -0.0515. The van der Waals surface area contributed by atoms with Gasteiger partial charge in [-0.3, -0.25) is 4.79 Å². The van der Waals surface area contributed by atoms with E-state index < -0.39 is 30.5 Å². The van der Waals surface area contributed by atoms with Gasteiger partial charge < -0.3 is 29.7 Å². The average Bonchev–Trinajstić information content (AvgIpc) is 3.57. The Balaban J connectivity index is 1.65. The number of halogens is 4. The molecule has 1 fully saturated rings. The van der Waals surface area contributed by atoms with Crippen molar-refractivity contribution in [3.8, 4) is 23.0 Å². The first kappa shape index (κ1) is 27.1. The zero-order valence-electron chi connectivity index (χ0n) is 20.0. The Morgan fingerprint density at radius 3 is 2.66 bits per heavy atom. The molecule has 0 aliphatic heterocycles. The van der Waals surface area contributed by atoms with Gasteiger partial charge >= 0.3 is 12.7 Å². The molecular formula is C25H23ClF3N3O6. The molecule has 9 nitrogen and oxygen atoms in total. The number of nitrogens with one attached hydrogen (secondary N) is 1. The molecule has 0 saturated heterocycles. The Morgan fingerprint density at radius 2 is 2.00 bits per heavy atom. The molecule has 2 amide bonds. The van der Waals surface area contributed by atoms with Gasteiger partial charge in [0.15, 0.2) is 29.1 Å². The van der Waals surface area contributed by atoms with Crippen molar-refractivity contribution in [3.63, 3.8) is 0 Å². The van der Waals surface area contributed by atoms with Gasteiger partial charge in [0.1, 0.15) is 5.82 Å². The summed E-state index contributed by atoms with van der Waals surface area (Å²) in [6.07, 6.45) is -0.299. The van der Waals surface area contributed by atoms with Crippen molar-refractivity contribution in [1.82, 2.24) is 10.3 Å². The summed E-state index contributed by atoms with van der Waals surface area (Å²) in [5.74, 6) is -1.46. The maximum absolute atomic E-state index is 14.1. The first-order valence-corrected chi connectivity index (χ1v) is 11.9. The standard InChI is InChI=1S/C25H23ClF3N3O6/c1-12(36-25(30)34)21-20(22(33)31-10-15-16(26)3-2-4-17(15)27)32-23(38-21)14-7-8-18(37-24(28)29)19(9-14)35-11-13-5-6-13/h2-4,7-9,12-13,24H,5-6,10-11H2,1H3,(H2,30,34)(H,31,33)/t12-/m0/s1. The molecule has 0 unspecified atom stereocenters. The molecule has 0 bridgehead atoms. The highest BCUT2D eigenvalue weighted by Gasteiger charge is 2.28. The molecule has 38 heavy (non-hydrogen) atoms. The molecule has 4 rings (SSSR count). The number of benzene rings is 2. The normalized spacial score (nSPS) is 13.7. The predicted octanol–water partition coefficient (Wildman–Crippen LogP) is 5.61. The number of carbonyl (C=O) groups excluding carboxylic acids is 2. The summed E-state index contributed by atoms with van der Waals surface area (Å²) in [5, 5.41) is 2.62. The van der Waals surface area contributed by atoms with E-state index in [1.165, 1.54) is 43.3 Å². The fourth-order valence-corrected chi connectivity index (χ4v) is 3.74. The summed E-state index contributed by atoms with van der Waals surface area (Å²) < 4.78 is 60.8. The molecule has 1 aliphatic rings. The first-order chi connectivity index (χ1) is 18.1. The van der Waals surface area contributed by atoms with Crippen LogP contribution in [0.25, 0.3) is 11.5 Å². The zero-order valence-corrected chi connectivity index (χ0v) is 20.8. The van der Waals surface area contributed by atoms with E-state index >= 15 is 0 Å². The van der Waals surface area contributed by atoms with Crippen LogP contribution in [0.2, 0.25) is 5.02 Å². The summed E-state index contributed by atoms with van der Waals surface area (Å²) in [6, 6.07) is 8.12. The highest BCUT2D eigenvalue weighted by Crippen LogP contribution is 2.37. The highest BCUT2D eigenvalue weighted by atomic mass is 35.5. The number of hydrogen-bond acceptors (Lipinski definition) is 7. The number of oxazole rings is 1. The predicted molar refractivity (Wildman–Crippen MR) is 128 cm³/mol. The molecule has 0 spiro atoms. The average molecular weight is 554 g/mol. The van der Waals surface area contributed by atoms with Crippen molar-refractivity contribution in [2.75, 3.05) is 6.61 Å². The van der Waals surface area contributed by atoms with E-state index in [2.05, 4.69) is 15.0 Å². The fraction of sp³-hybridized carbons (Fsp3) is 0.320. The second kappa shape index (κ2) is 11.6. The van der Waals surface area contributed by atoms with E-state index in [1.807, 2.05) is 0 Å². The third-order valence-corrected chi connectivity index (χ3v) is 5.95. The van der Waals surface area contributed by atoms with E-state index in [0.29, 0.717) is 12.5 Å². The number of hydrogen-bond donors (Lipinski definition) is 2. The van der Waals surface area contributed by atoms with Crippen molar-refractivity contribution in [2.24, 2.45) is 11.7 Å². The Kier molecular flexibility index (Phi) is 8.30. The van der Waals surface area contributed by atoms with E-state index in [9.17, 15) is 22.8 Å². The third kappa shape index (κ3) is 6.68. The van der Waals surface area contributed by atoms with Crippen LogP contribution in [0.15, 0.2) is 40.8 Å². The number of alkyl halides is 2. The molecule has 1 aromatic heterocycles. The van der Waals surface area contributed by atoms with Crippen LogP contribution in [0.4, 0.5) is 18.0 Å². The fourth-order valence-electron chi connectivity index (χ4n) is 3.51. The number of aromatic nitrogens is 1. The number of rotatable bonds is 11. The number of ether oxygens (including phenoxy) is 3. The molecule has 1 saturated carbocycles. The molecule has 0 radical (unpaired) electrons. The van der Waals surface area contributed by atoms with E-state index in [4.69, 9.17) is 31.2 Å². The number of nitrogens with zero attached hydrogens (tertiary/aromatic N) is 1. The van der Waals surface area contributed by atoms with E-state index in [-0.39, 0.29) is 51.5 Å². The molecule has 202 valence electrons. The van der Waals surface area contributed by atoms with Gasteiger partial charge in [-0.1, -0.05) is 17.7 Å². The zero-order chi connectivity index (χ0) is 27.4. The molecule has 13 heteroatoms. The minimum absolute atomic E-state index is 0.0380. The van der Waals surface area contributed by atoms with Crippen LogP contribution in [-0.2, 0) is 11.3 Å². The van der Waals surface area contributed by atoms with Crippen molar-refractivity contribution in [2.45, 2.75) is 39.0 Å². The van der Waals surface area contributed by atoms with Crippen molar-refractivity contribution >= 4 is 23.6 Å². The Morgan fingerprint density at radius 1 is 1.24 bits per heavy atom. The number of amides is 2. The number of nitrogens with two attached hydrogens (primary N) is 1. The Bertz CT molecular complexity index is 1310. The van der Waals surface area contributed by atoms with Crippen LogP contribution in [0.5, 0.6) is 11.5 Å². The van der Waals surface area contributed by atoms with Crippen LogP contribution in [0.1, 0.15) is 47.7 Å². The molecular weight excluding hydrogens is 531 g/mol. The summed E-state index contributed by atoms with van der Waals surface area (Å²) in [5.41, 5.74) is 5.16. The van der Waals surface area contributed by atoms with Crippen LogP contribution in [0.3, 0.4) is 0 Å². The maximum atomic E-state index is 14.1. The second-order valence-corrected chi connectivity index (χ2v) is 8.90. The summed E-state index contributed by atoms with van der Waals surface area (Å²) >= 11 is 6.02. The lowest BCUT2D eigenvalue weighted by Crippen LogP contribution is -2.26. The lowest BCUT2D eigenvalue weighted by atomic mass is 10.2. The van der Waals surface area contributed by atoms with Crippen molar-refractivity contribution < 1.29 is 41.4 Å². The smallest absolute Gasteiger partial charge is 0.405 e. The summed E-state index contributed by atoms with van der Waals surface area (Å²) in [6.45, 7) is -1.61. The van der Waals surface area contributed by atoms with Gasteiger partial charge in [-0.2, -0.15) is 8.78 Å². The molecule has 3 aromatic rings. The Hall–Kier alpha value is -3.93. The van der Waals surface area contributed by atoms with Gasteiger partial charge in [0.05, 0.1) is 6.61 Å². The van der Waals surface area contributed by atoms with Gasteiger partial charge in [0.25, 0.3) is 5.91 Å². The molecule has 1 atom stereocenters. The van der Waals surface area contributed by atoms with E-state index in [1.54, 1.807) is 0 Å². The van der Waals surface area contributed by atoms with E-state index in [0.717, 1.165) is 12.8 Å². The maximum Gasteiger partial charge on any atom is 0.405 e. The minimum Gasteiger partial charge on any atom is -0.489 e. The molecule has 3 N–H and O–H groups in total. The van der Waals surface area contributed by atoms with Gasteiger partial charge in [0, 0.05) is 22.7 Å². The highest BCUT2D eigenvalue weighted by molar-refractivity contribution is 6.31. The van der Waals surface area contributed by atoms with Gasteiger partial charge in [-0.25, -0.2) is 14.2 Å². The SMILES string of the molecule is C[C@H](OC(N)=O)c1oc(-c2ccc(OC(F)F)c(OCC3CC3)c2)nc1C(=O)NCc1c(F)cccc1Cl. The third-order valence-electron chi connectivity index (χ3n) is 5.60. The molecule has 2 aromatic carbocycles. The largest absolute Gasteiger partial charge is 0.489 e. The quantitative estimate of drug-likeness (QED) is 0.316. The van der Waals surface area contributed by atoms with Crippen molar-refractivity contribution in [1.29, 1.82) is 0 Å². The second-order valence-electron chi connectivity index (χ2n) is 8.49. The van der Waals surface area contributed by atoms with Crippen LogP contribution in [0, 0.1) is 11.7 Å². The number of carbonyl (C=O) groups is 2. The lowest BCUT2D eigenvalue weighted by Gasteiger charge is -2.13. The molecule has 1 aliphatic carbocycles. The topological polar surface area (TPSA) is 126 Å². The first-order valence-electron chi connectivity index (χ1n) is 11.5. The van der Waals surface area contributed by atoms with Gasteiger partial charge in [-0.05, 0) is 56.0 Å². The van der Waals surface area contributed by atoms with Crippen LogP contribution < -0.4 is 20.5 Å². The van der Waals surface area contributed by atoms with Crippen LogP contribution >= 0.6 is 11.6 Å². The minimum atomic E-state index is -3.07. The Labute approximate surface area is 220 Å². The number of primary amides is 1. The summed E-state index contributed by atoms with van der Waals surface area (Å²) in [4.78, 5) is 28.6. The van der Waals surface area contributed by atoms with Gasteiger partial charge in [0.2, 0.25) is 5.89 Å². The van der Waals surface area contributed by atoms with Crippen LogP contribution in [-0.4, -0.2) is 30.2 Å². The molecule has 1 heterocycles. The van der Waals surface area contributed by atoms with Gasteiger partial charge in [-0.15, -0.1) is 0 Å².